The first-order valence-electron chi connectivity index (χ1n) is 6.18. The Hall–Kier alpha value is -1.00. The minimum atomic E-state index is -0.363. The van der Waals surface area contributed by atoms with Crippen LogP contribution in [0, 0.1) is 24.0 Å². The summed E-state index contributed by atoms with van der Waals surface area (Å²) >= 11 is 0. The molecule has 1 unspecified atom stereocenters. The highest BCUT2D eigenvalue weighted by molar-refractivity contribution is 5.27. The van der Waals surface area contributed by atoms with Gasteiger partial charge in [-0.1, -0.05) is 6.92 Å². The third kappa shape index (κ3) is 2.70. The van der Waals surface area contributed by atoms with Crippen molar-refractivity contribution in [3.8, 4) is 0 Å². The van der Waals surface area contributed by atoms with E-state index >= 15 is 0 Å². The van der Waals surface area contributed by atoms with Crippen LogP contribution >= 0.6 is 0 Å². The Morgan fingerprint density at radius 2 is 2.00 bits per heavy atom. The van der Waals surface area contributed by atoms with Crippen LogP contribution in [0.4, 0.5) is 8.78 Å². The number of aryl methyl sites for hydroxylation is 1. The fourth-order valence-electron chi connectivity index (χ4n) is 2.06. The van der Waals surface area contributed by atoms with Crippen molar-refractivity contribution >= 4 is 0 Å². The molecule has 2 rings (SSSR count). The van der Waals surface area contributed by atoms with E-state index in [1.165, 1.54) is 12.1 Å². The molecule has 1 aliphatic rings. The molecule has 0 spiro atoms. The summed E-state index contributed by atoms with van der Waals surface area (Å²) in [6, 6.07) is 2.32. The van der Waals surface area contributed by atoms with E-state index in [9.17, 15) is 8.78 Å². The van der Waals surface area contributed by atoms with E-state index in [4.69, 9.17) is 4.74 Å². The molecule has 0 saturated carbocycles. The Kier molecular flexibility index (Phi) is 3.69. The Bertz CT molecular complexity index is 444. The third-order valence-corrected chi connectivity index (χ3v) is 3.48. The lowest BCUT2D eigenvalue weighted by Crippen LogP contribution is -2.47. The molecule has 1 atom stereocenters. The van der Waals surface area contributed by atoms with E-state index in [0.717, 1.165) is 19.8 Å². The lowest BCUT2D eigenvalue weighted by atomic mass is 9.88. The van der Waals surface area contributed by atoms with Gasteiger partial charge in [0.15, 0.2) is 0 Å². The topological polar surface area (TPSA) is 21.3 Å². The van der Waals surface area contributed by atoms with Crippen LogP contribution in [-0.2, 0) is 4.74 Å². The second-order valence-electron chi connectivity index (χ2n) is 5.53. The van der Waals surface area contributed by atoms with E-state index in [0.29, 0.717) is 11.1 Å². The Labute approximate surface area is 106 Å². The maximum Gasteiger partial charge on any atom is 0.128 e. The first-order valence-corrected chi connectivity index (χ1v) is 6.18. The number of ether oxygens (including phenoxy) is 1. The summed E-state index contributed by atoms with van der Waals surface area (Å²) in [5.74, 6) is -0.720. The minimum Gasteiger partial charge on any atom is -0.380 e. The van der Waals surface area contributed by atoms with Gasteiger partial charge in [-0.3, -0.25) is 0 Å². The number of halogens is 2. The van der Waals surface area contributed by atoms with Crippen LogP contribution in [0.15, 0.2) is 12.1 Å². The van der Waals surface area contributed by atoms with E-state index in [1.54, 1.807) is 6.92 Å². The smallest absolute Gasteiger partial charge is 0.128 e. The predicted molar refractivity (Wildman–Crippen MR) is 66.4 cm³/mol. The number of benzene rings is 1. The largest absolute Gasteiger partial charge is 0.380 e. The lowest BCUT2D eigenvalue weighted by molar-refractivity contribution is -0.0999. The fourth-order valence-corrected chi connectivity index (χ4v) is 2.06. The molecule has 1 heterocycles. The highest BCUT2D eigenvalue weighted by Crippen LogP contribution is 2.27. The van der Waals surface area contributed by atoms with Gasteiger partial charge in [-0.2, -0.15) is 0 Å². The van der Waals surface area contributed by atoms with E-state index in [2.05, 4.69) is 12.2 Å². The van der Waals surface area contributed by atoms with Crippen molar-refractivity contribution < 1.29 is 13.5 Å². The summed E-state index contributed by atoms with van der Waals surface area (Å²) in [7, 11) is 0. The highest BCUT2D eigenvalue weighted by Gasteiger charge is 2.33. The number of hydrogen-bond donors (Lipinski definition) is 1. The average molecular weight is 255 g/mol. The first-order chi connectivity index (χ1) is 8.41. The predicted octanol–water partition coefficient (Wildman–Crippen LogP) is 2.96. The van der Waals surface area contributed by atoms with Crippen LogP contribution in [0.3, 0.4) is 0 Å². The van der Waals surface area contributed by atoms with Crippen LogP contribution in [0.5, 0.6) is 0 Å². The van der Waals surface area contributed by atoms with Gasteiger partial charge < -0.3 is 10.1 Å². The molecule has 1 fully saturated rings. The van der Waals surface area contributed by atoms with Gasteiger partial charge in [-0.15, -0.1) is 0 Å². The Balaban J connectivity index is 2.04. The SMILES string of the molecule is Cc1cc(F)c(C(C)NCC2(C)COC2)cc1F. The molecular formula is C14H19F2NO. The second kappa shape index (κ2) is 4.94. The normalized spacial score (nSPS) is 19.4. The molecule has 0 aliphatic carbocycles. The lowest BCUT2D eigenvalue weighted by Gasteiger charge is -2.39. The van der Waals surface area contributed by atoms with E-state index < -0.39 is 0 Å². The number of nitrogens with one attached hydrogen (secondary N) is 1. The summed E-state index contributed by atoms with van der Waals surface area (Å²) in [5, 5.41) is 3.24. The van der Waals surface area contributed by atoms with Crippen LogP contribution in [0.1, 0.15) is 31.0 Å². The first kappa shape index (κ1) is 13.4. The van der Waals surface area contributed by atoms with Crippen molar-refractivity contribution in [3.05, 3.63) is 34.9 Å². The monoisotopic (exact) mass is 255 g/mol. The summed E-state index contributed by atoms with van der Waals surface area (Å²) in [5.41, 5.74) is 0.832. The van der Waals surface area contributed by atoms with Crippen LogP contribution < -0.4 is 5.32 Å². The zero-order valence-electron chi connectivity index (χ0n) is 11.0. The molecule has 1 aliphatic heterocycles. The summed E-state index contributed by atoms with van der Waals surface area (Å²) in [6.45, 7) is 7.70. The maximum absolute atomic E-state index is 13.8. The Morgan fingerprint density at radius 1 is 1.33 bits per heavy atom. The zero-order chi connectivity index (χ0) is 13.3. The standard InChI is InChI=1S/C14H19F2NO/c1-9-4-13(16)11(5-12(9)15)10(2)17-6-14(3)7-18-8-14/h4-5,10,17H,6-8H2,1-3H3. The van der Waals surface area contributed by atoms with Gasteiger partial charge in [0, 0.05) is 23.6 Å². The highest BCUT2D eigenvalue weighted by atomic mass is 19.1. The van der Waals surface area contributed by atoms with Crippen LogP contribution in [0.25, 0.3) is 0 Å². The molecule has 4 heteroatoms. The molecule has 1 aromatic carbocycles. The average Bonchev–Trinajstić information content (AvgIpc) is 2.28. The summed E-state index contributed by atoms with van der Waals surface area (Å²) in [6.07, 6.45) is 0. The molecule has 1 aromatic rings. The van der Waals surface area contributed by atoms with Gasteiger partial charge in [0.2, 0.25) is 0 Å². The molecular weight excluding hydrogens is 236 g/mol. The van der Waals surface area contributed by atoms with E-state index in [-0.39, 0.29) is 23.1 Å². The molecule has 18 heavy (non-hydrogen) atoms. The molecule has 1 N–H and O–H groups in total. The van der Waals surface area contributed by atoms with Crippen LogP contribution in [0.2, 0.25) is 0 Å². The van der Waals surface area contributed by atoms with Crippen molar-refractivity contribution in [1.82, 2.24) is 5.32 Å². The molecule has 0 aromatic heterocycles. The Morgan fingerprint density at radius 3 is 2.56 bits per heavy atom. The number of hydrogen-bond acceptors (Lipinski definition) is 2. The molecule has 0 bridgehead atoms. The molecule has 0 amide bonds. The third-order valence-electron chi connectivity index (χ3n) is 3.48. The van der Waals surface area contributed by atoms with Crippen molar-refractivity contribution in [1.29, 1.82) is 0 Å². The van der Waals surface area contributed by atoms with E-state index in [1.807, 2.05) is 6.92 Å². The quantitative estimate of drug-likeness (QED) is 0.893. The fraction of sp³-hybridized carbons (Fsp3) is 0.571. The molecule has 0 radical (unpaired) electrons. The number of rotatable bonds is 4. The summed E-state index contributed by atoms with van der Waals surface area (Å²) < 4.78 is 32.4. The van der Waals surface area contributed by atoms with Gasteiger partial charge in [0.1, 0.15) is 11.6 Å². The minimum absolute atomic E-state index is 0.119. The molecule has 1 saturated heterocycles. The maximum atomic E-state index is 13.8. The van der Waals surface area contributed by atoms with Crippen molar-refractivity contribution in [3.63, 3.8) is 0 Å². The van der Waals surface area contributed by atoms with Crippen LogP contribution in [-0.4, -0.2) is 19.8 Å². The van der Waals surface area contributed by atoms with Crippen molar-refractivity contribution in [2.75, 3.05) is 19.8 Å². The van der Waals surface area contributed by atoms with Gasteiger partial charge in [-0.25, -0.2) is 8.78 Å². The summed E-state index contributed by atoms with van der Waals surface area (Å²) in [4.78, 5) is 0. The zero-order valence-corrected chi connectivity index (χ0v) is 11.0. The molecule has 100 valence electrons. The second-order valence-corrected chi connectivity index (χ2v) is 5.53. The van der Waals surface area contributed by atoms with Crippen molar-refractivity contribution in [2.24, 2.45) is 5.41 Å². The molecule has 2 nitrogen and oxygen atoms in total. The van der Waals surface area contributed by atoms with Crippen molar-refractivity contribution in [2.45, 2.75) is 26.8 Å². The van der Waals surface area contributed by atoms with Gasteiger partial charge in [-0.05, 0) is 31.5 Å². The van der Waals surface area contributed by atoms with Gasteiger partial charge >= 0.3 is 0 Å². The van der Waals surface area contributed by atoms with Gasteiger partial charge in [0.05, 0.1) is 13.2 Å². The van der Waals surface area contributed by atoms with Gasteiger partial charge in [0.25, 0.3) is 0 Å².